The van der Waals surface area contributed by atoms with E-state index in [4.69, 9.17) is 0 Å². The van der Waals surface area contributed by atoms with E-state index < -0.39 is 31.3 Å². The van der Waals surface area contributed by atoms with E-state index in [1.165, 1.54) is 0 Å². The minimum Gasteiger partial charge on any atom is -0.418 e. The highest BCUT2D eigenvalue weighted by molar-refractivity contribution is 7.50. The lowest BCUT2D eigenvalue weighted by atomic mass is 10.3. The predicted molar refractivity (Wildman–Crippen MR) is 119 cm³/mol. The number of hydrogen-bond acceptors (Lipinski definition) is 6. The zero-order valence-electron chi connectivity index (χ0n) is 19.9. The van der Waals surface area contributed by atoms with Crippen molar-refractivity contribution in [1.82, 2.24) is 28.0 Å². The summed E-state index contributed by atoms with van der Waals surface area (Å²) >= 11 is 0. The van der Waals surface area contributed by atoms with Gasteiger partial charge in [0, 0.05) is 84.6 Å². The molecule has 0 aromatic heterocycles. The van der Waals surface area contributed by atoms with Crippen molar-refractivity contribution >= 4 is 31.3 Å². The molecule has 18 heteroatoms. The Morgan fingerprint density at radius 1 is 0.333 bits per heavy atom. The summed E-state index contributed by atoms with van der Waals surface area (Å²) in [6, 6.07) is 0. The maximum Gasteiger partial charge on any atom is 0.673 e. The van der Waals surface area contributed by atoms with Crippen LogP contribution in [-0.4, -0.2) is 127 Å². The minimum absolute atomic E-state index is 0.596. The zero-order chi connectivity index (χ0) is 25.6. The van der Waals surface area contributed by atoms with E-state index in [0.717, 1.165) is 0 Å². The summed E-state index contributed by atoms with van der Waals surface area (Å²) in [5, 5.41) is 0. The van der Waals surface area contributed by atoms with E-state index in [-0.39, 0.29) is 0 Å². The van der Waals surface area contributed by atoms with E-state index >= 15 is 0 Å². The van der Waals surface area contributed by atoms with Crippen LogP contribution in [0.5, 0.6) is 0 Å². The average molecular weight is 502 g/mol. The van der Waals surface area contributed by atoms with Gasteiger partial charge in [-0.15, -0.1) is 0 Å². The van der Waals surface area contributed by atoms with Crippen LogP contribution in [0.25, 0.3) is 0 Å². The van der Waals surface area contributed by atoms with Gasteiger partial charge in [0.05, 0.1) is 0 Å². The van der Waals surface area contributed by atoms with Gasteiger partial charge in [-0.1, -0.05) is 0 Å². The largest absolute Gasteiger partial charge is 0.673 e. The second-order valence-electron chi connectivity index (χ2n) is 6.96. The molecule has 0 atom stereocenters. The Labute approximate surface area is 179 Å². The first kappa shape index (κ1) is 37.5. The highest BCUT2D eigenvalue weighted by Gasteiger charge is 2.25. The van der Waals surface area contributed by atoms with Gasteiger partial charge in [0.15, 0.2) is 0 Å². The lowest BCUT2D eigenvalue weighted by molar-refractivity contribution is 0.366. The molecule has 0 saturated heterocycles. The van der Waals surface area contributed by atoms with Crippen molar-refractivity contribution in [3.8, 4) is 0 Å². The van der Waals surface area contributed by atoms with Crippen molar-refractivity contribution in [1.29, 1.82) is 0 Å². The molecule has 30 heavy (non-hydrogen) atoms. The van der Waals surface area contributed by atoms with E-state index in [1.807, 2.05) is 0 Å². The third kappa shape index (κ3) is 35.6. The molecule has 0 aliphatic rings. The van der Waals surface area contributed by atoms with Gasteiger partial charge in [0.2, 0.25) is 16.7 Å². The fourth-order valence-electron chi connectivity index (χ4n) is 2.40. The Balaban J connectivity index is -0.000000159. The van der Waals surface area contributed by atoms with E-state index in [2.05, 4.69) is 113 Å². The minimum atomic E-state index is -6.00. The van der Waals surface area contributed by atoms with Crippen molar-refractivity contribution in [3.05, 3.63) is 0 Å². The fraction of sp³-hybridized carbons (Fsp3) is 1.00. The molecular formula is C12H38B2F8N6P2. The van der Waals surface area contributed by atoms with Gasteiger partial charge < -0.3 is 34.5 Å². The molecule has 6 nitrogen and oxygen atoms in total. The van der Waals surface area contributed by atoms with Crippen LogP contribution in [0.3, 0.4) is 0 Å². The first-order valence-electron chi connectivity index (χ1n) is 8.45. The lowest BCUT2D eigenvalue weighted by Gasteiger charge is -2.25. The standard InChI is InChI=1S/2C6H18N3P.2BF4/c2*1-7(2)10(8(3)4)9(5)6;2*2-1(3,4)5/h2*1-6H3;;/q;;2*-1/p+2. The molecule has 0 unspecified atom stereocenters. The number of rotatable bonds is 6. The van der Waals surface area contributed by atoms with Crippen LogP contribution < -0.4 is 0 Å². The molecule has 0 radical (unpaired) electrons. The molecule has 0 bridgehead atoms. The maximum absolute atomic E-state index is 9.75. The first-order valence-corrected chi connectivity index (χ1v) is 11.1. The van der Waals surface area contributed by atoms with Crippen LogP contribution in [0.4, 0.5) is 34.5 Å². The van der Waals surface area contributed by atoms with Gasteiger partial charge in [-0.25, -0.2) is 0 Å². The quantitative estimate of drug-likeness (QED) is 0.310. The summed E-state index contributed by atoms with van der Waals surface area (Å²) < 4.78 is 91.6. The second-order valence-corrected chi connectivity index (χ2v) is 13.5. The van der Waals surface area contributed by atoms with Gasteiger partial charge in [-0.2, -0.15) is 28.0 Å². The van der Waals surface area contributed by atoms with Gasteiger partial charge >= 0.3 is 14.5 Å². The van der Waals surface area contributed by atoms with Crippen molar-refractivity contribution in [2.24, 2.45) is 0 Å². The smallest absolute Gasteiger partial charge is 0.418 e. The number of hydrogen-bond donors (Lipinski definition) is 0. The molecule has 0 aliphatic heterocycles. The molecule has 0 aromatic carbocycles. The van der Waals surface area contributed by atoms with Crippen molar-refractivity contribution in [2.75, 3.05) is 84.6 Å². The third-order valence-corrected chi connectivity index (χ3v) is 7.20. The molecule has 0 aromatic rings. The molecule has 188 valence electrons. The Morgan fingerprint density at radius 2 is 0.400 bits per heavy atom. The van der Waals surface area contributed by atoms with Gasteiger partial charge in [0.25, 0.3) is 0 Å². The second kappa shape index (κ2) is 17.7. The third-order valence-electron chi connectivity index (χ3n) is 2.40. The molecule has 0 fully saturated rings. The summed E-state index contributed by atoms with van der Waals surface area (Å²) in [6.45, 7) is 0. The molecule has 0 heterocycles. The zero-order valence-corrected chi connectivity index (χ0v) is 21.9. The van der Waals surface area contributed by atoms with Crippen molar-refractivity contribution in [3.63, 3.8) is 0 Å². The van der Waals surface area contributed by atoms with Crippen LogP contribution in [0.1, 0.15) is 0 Å². The van der Waals surface area contributed by atoms with Gasteiger partial charge in [-0.05, 0) is 0 Å². The summed E-state index contributed by atoms with van der Waals surface area (Å²) in [7, 11) is 12.2. The highest BCUT2D eigenvalue weighted by atomic mass is 31.2. The van der Waals surface area contributed by atoms with E-state index in [9.17, 15) is 34.5 Å². The molecule has 0 aliphatic carbocycles. The fourth-order valence-corrected chi connectivity index (χ4v) is 7.20. The summed E-state index contributed by atoms with van der Waals surface area (Å²) in [4.78, 5) is 0. The molecule has 0 spiro atoms. The Bertz CT molecular complexity index is 316. The first-order chi connectivity index (χ1) is 12.9. The van der Waals surface area contributed by atoms with Crippen LogP contribution in [0, 0.1) is 0 Å². The molecule has 0 saturated carbocycles. The molecule has 0 amide bonds. The Morgan fingerprint density at radius 3 is 0.400 bits per heavy atom. The van der Waals surface area contributed by atoms with Crippen LogP contribution in [0.15, 0.2) is 0 Å². The topological polar surface area (TPSA) is 19.4 Å². The SMILES string of the molecule is CN(C)[PH+](N(C)C)N(C)C.CN(C)[PH+](N(C)C)N(C)C.F[B-](F)(F)F.F[B-](F)(F)F. The lowest BCUT2D eigenvalue weighted by Crippen LogP contribution is -2.25. The highest BCUT2D eigenvalue weighted by Crippen LogP contribution is 2.41. The van der Waals surface area contributed by atoms with Gasteiger partial charge in [0.1, 0.15) is 0 Å². The summed E-state index contributed by atoms with van der Waals surface area (Å²) in [5.41, 5.74) is 0. The summed E-state index contributed by atoms with van der Waals surface area (Å²) in [5.74, 6) is 0. The Hall–Kier alpha value is 0.190. The number of nitrogens with zero attached hydrogens (tertiary/aromatic N) is 6. The van der Waals surface area contributed by atoms with Crippen molar-refractivity contribution in [2.45, 2.75) is 0 Å². The van der Waals surface area contributed by atoms with Crippen LogP contribution >= 0.6 is 16.7 Å². The average Bonchev–Trinajstić information content (AvgIpc) is 2.30. The van der Waals surface area contributed by atoms with E-state index in [1.54, 1.807) is 0 Å². The normalized spacial score (nSPS) is 12.4. The van der Waals surface area contributed by atoms with Crippen LogP contribution in [-0.2, 0) is 0 Å². The van der Waals surface area contributed by atoms with Crippen LogP contribution in [0.2, 0.25) is 0 Å². The summed E-state index contributed by atoms with van der Waals surface area (Å²) in [6.07, 6.45) is 0. The monoisotopic (exact) mass is 502 g/mol. The Kier molecular flexibility index (Phi) is 22.1. The molecule has 0 N–H and O–H groups in total. The van der Waals surface area contributed by atoms with Gasteiger partial charge in [-0.3, -0.25) is 0 Å². The maximum atomic E-state index is 9.75. The molecule has 0 rings (SSSR count). The number of halogens is 8. The molecular weight excluding hydrogens is 464 g/mol. The van der Waals surface area contributed by atoms with Crippen molar-refractivity contribution < 1.29 is 34.5 Å². The van der Waals surface area contributed by atoms with E-state index in [0.29, 0.717) is 0 Å². The predicted octanol–water partition coefficient (Wildman–Crippen LogP) is 3.86.